The van der Waals surface area contributed by atoms with Gasteiger partial charge in [0.2, 0.25) is 5.43 Å². The highest BCUT2D eigenvalue weighted by molar-refractivity contribution is 6.31. The van der Waals surface area contributed by atoms with Crippen LogP contribution in [0.25, 0.3) is 10.9 Å². The SMILES string of the molecule is O=c1ccc2cc(Cl)ccc2[nH]c1=O. The summed E-state index contributed by atoms with van der Waals surface area (Å²) in [6.45, 7) is 0. The van der Waals surface area contributed by atoms with Crippen LogP contribution in [0.2, 0.25) is 5.02 Å². The first-order chi connectivity index (χ1) is 6.66. The van der Waals surface area contributed by atoms with E-state index in [0.29, 0.717) is 10.5 Å². The fourth-order valence-corrected chi connectivity index (χ4v) is 1.39. The van der Waals surface area contributed by atoms with Gasteiger partial charge in [0, 0.05) is 10.5 Å². The second kappa shape index (κ2) is 3.27. The minimum absolute atomic E-state index is 0.558. The molecule has 1 aromatic heterocycles. The number of rotatable bonds is 0. The van der Waals surface area contributed by atoms with Gasteiger partial charge in [0.25, 0.3) is 5.56 Å². The van der Waals surface area contributed by atoms with Crippen LogP contribution in [-0.2, 0) is 0 Å². The molecule has 1 heterocycles. The van der Waals surface area contributed by atoms with Crippen LogP contribution in [-0.4, -0.2) is 4.98 Å². The highest BCUT2D eigenvalue weighted by atomic mass is 35.5. The Morgan fingerprint density at radius 2 is 1.86 bits per heavy atom. The van der Waals surface area contributed by atoms with Crippen LogP contribution in [0.3, 0.4) is 0 Å². The first-order valence-corrected chi connectivity index (χ1v) is 4.37. The van der Waals surface area contributed by atoms with Crippen molar-refractivity contribution in [1.29, 1.82) is 0 Å². The number of halogens is 1. The van der Waals surface area contributed by atoms with Gasteiger partial charge in [-0.1, -0.05) is 11.6 Å². The van der Waals surface area contributed by atoms with E-state index in [0.717, 1.165) is 5.39 Å². The summed E-state index contributed by atoms with van der Waals surface area (Å²) >= 11 is 5.77. The molecular formula is C10H6ClNO2. The first-order valence-electron chi connectivity index (χ1n) is 4.00. The Balaban J connectivity index is 3.00. The normalized spacial score (nSPS) is 10.4. The van der Waals surface area contributed by atoms with Crippen LogP contribution < -0.4 is 11.0 Å². The summed E-state index contributed by atoms with van der Waals surface area (Å²) in [5, 5.41) is 1.30. The zero-order chi connectivity index (χ0) is 10.1. The molecule has 1 N–H and O–H groups in total. The Morgan fingerprint density at radius 1 is 1.07 bits per heavy atom. The molecule has 0 saturated carbocycles. The summed E-state index contributed by atoms with van der Waals surface area (Å²) in [5.41, 5.74) is -0.582. The van der Waals surface area contributed by atoms with Crippen LogP contribution >= 0.6 is 11.6 Å². The Hall–Kier alpha value is -1.61. The third kappa shape index (κ3) is 1.54. The number of fused-ring (bicyclic) bond motifs is 1. The molecule has 1 aromatic carbocycles. The topological polar surface area (TPSA) is 49.9 Å². The molecule has 14 heavy (non-hydrogen) atoms. The fraction of sp³-hybridized carbons (Fsp3) is 0. The lowest BCUT2D eigenvalue weighted by Gasteiger charge is -1.91. The van der Waals surface area contributed by atoms with Gasteiger partial charge < -0.3 is 4.98 Å². The zero-order valence-electron chi connectivity index (χ0n) is 7.08. The average Bonchev–Trinajstić information content (AvgIpc) is 2.29. The molecule has 0 radical (unpaired) electrons. The van der Waals surface area contributed by atoms with E-state index >= 15 is 0 Å². The van der Waals surface area contributed by atoms with E-state index in [2.05, 4.69) is 4.98 Å². The first kappa shape index (κ1) is 8.97. The van der Waals surface area contributed by atoms with E-state index in [-0.39, 0.29) is 0 Å². The van der Waals surface area contributed by atoms with E-state index < -0.39 is 11.0 Å². The van der Waals surface area contributed by atoms with Crippen molar-refractivity contribution >= 4 is 22.5 Å². The lowest BCUT2D eigenvalue weighted by molar-refractivity contribution is 1.29. The second-order valence-electron chi connectivity index (χ2n) is 2.88. The van der Waals surface area contributed by atoms with Gasteiger partial charge in [0.1, 0.15) is 0 Å². The van der Waals surface area contributed by atoms with E-state index in [9.17, 15) is 9.59 Å². The van der Waals surface area contributed by atoms with Crippen LogP contribution in [0.4, 0.5) is 0 Å². The quantitative estimate of drug-likeness (QED) is 0.667. The Morgan fingerprint density at radius 3 is 2.64 bits per heavy atom. The van der Waals surface area contributed by atoms with E-state index in [1.807, 2.05) is 0 Å². The molecule has 0 aliphatic carbocycles. The molecule has 0 amide bonds. The molecule has 0 unspecified atom stereocenters. The second-order valence-corrected chi connectivity index (χ2v) is 3.32. The number of nitrogens with one attached hydrogen (secondary N) is 1. The fourth-order valence-electron chi connectivity index (χ4n) is 1.21. The Bertz CT molecular complexity index is 604. The summed E-state index contributed by atoms with van der Waals surface area (Å²) in [7, 11) is 0. The summed E-state index contributed by atoms with van der Waals surface area (Å²) in [5.74, 6) is 0. The summed E-state index contributed by atoms with van der Waals surface area (Å²) in [6.07, 6.45) is 0. The van der Waals surface area contributed by atoms with E-state index in [4.69, 9.17) is 11.6 Å². The average molecular weight is 208 g/mol. The molecule has 0 atom stereocenters. The smallest absolute Gasteiger partial charge is 0.296 e. The lowest BCUT2D eigenvalue weighted by atomic mass is 10.2. The van der Waals surface area contributed by atoms with Gasteiger partial charge in [-0.3, -0.25) is 9.59 Å². The van der Waals surface area contributed by atoms with Crippen molar-refractivity contribution in [3.8, 4) is 0 Å². The van der Waals surface area contributed by atoms with Crippen molar-refractivity contribution in [3.63, 3.8) is 0 Å². The number of hydrogen-bond acceptors (Lipinski definition) is 2. The van der Waals surface area contributed by atoms with Crippen LogP contribution in [0.15, 0.2) is 39.9 Å². The maximum Gasteiger partial charge on any atom is 0.296 e. The minimum atomic E-state index is -0.623. The van der Waals surface area contributed by atoms with Crippen molar-refractivity contribution in [2.45, 2.75) is 0 Å². The van der Waals surface area contributed by atoms with Crippen LogP contribution in [0.1, 0.15) is 0 Å². The van der Waals surface area contributed by atoms with Crippen molar-refractivity contribution in [2.24, 2.45) is 0 Å². The van der Waals surface area contributed by atoms with Gasteiger partial charge in [-0.25, -0.2) is 0 Å². The number of hydrogen-bond donors (Lipinski definition) is 1. The molecule has 0 fully saturated rings. The number of aromatic nitrogens is 1. The highest BCUT2D eigenvalue weighted by Gasteiger charge is 1.95. The van der Waals surface area contributed by atoms with Gasteiger partial charge in [0.15, 0.2) is 0 Å². The third-order valence-corrected chi connectivity index (χ3v) is 2.13. The molecule has 0 spiro atoms. The number of aromatic amines is 1. The molecule has 0 saturated heterocycles. The molecule has 70 valence electrons. The Kier molecular flexibility index (Phi) is 2.09. The highest BCUT2D eigenvalue weighted by Crippen LogP contribution is 2.14. The maximum atomic E-state index is 11.1. The predicted octanol–water partition coefficient (Wildman–Crippen LogP) is 1.54. The molecule has 2 aromatic rings. The standard InChI is InChI=1S/C10H6ClNO2/c11-7-2-3-8-6(5-7)1-4-9(13)10(14)12-8/h1-5H,(H,12,13,14). The molecular weight excluding hydrogens is 202 g/mol. The van der Waals surface area contributed by atoms with Crippen molar-refractivity contribution < 1.29 is 0 Å². The summed E-state index contributed by atoms with van der Waals surface area (Å²) in [6, 6.07) is 7.81. The van der Waals surface area contributed by atoms with Gasteiger partial charge in [-0.05, 0) is 35.7 Å². The molecule has 0 bridgehead atoms. The van der Waals surface area contributed by atoms with E-state index in [1.165, 1.54) is 6.07 Å². The van der Waals surface area contributed by atoms with Gasteiger partial charge in [0.05, 0.1) is 0 Å². The molecule has 2 rings (SSSR count). The van der Waals surface area contributed by atoms with Gasteiger partial charge in [-0.2, -0.15) is 0 Å². The third-order valence-electron chi connectivity index (χ3n) is 1.90. The lowest BCUT2D eigenvalue weighted by Crippen LogP contribution is -2.21. The van der Waals surface area contributed by atoms with E-state index in [1.54, 1.807) is 24.3 Å². The molecule has 3 nitrogen and oxygen atoms in total. The number of H-pyrrole nitrogens is 1. The van der Waals surface area contributed by atoms with Gasteiger partial charge >= 0.3 is 0 Å². The van der Waals surface area contributed by atoms with Crippen molar-refractivity contribution in [2.75, 3.05) is 0 Å². The Labute approximate surface area is 84.0 Å². The monoisotopic (exact) mass is 207 g/mol. The summed E-state index contributed by atoms with van der Waals surface area (Å²) < 4.78 is 0. The largest absolute Gasteiger partial charge is 0.319 e. The zero-order valence-corrected chi connectivity index (χ0v) is 7.84. The maximum absolute atomic E-state index is 11.1. The van der Waals surface area contributed by atoms with Crippen molar-refractivity contribution in [3.05, 3.63) is 55.9 Å². The molecule has 0 aliphatic rings. The number of benzene rings is 1. The summed E-state index contributed by atoms with van der Waals surface area (Å²) in [4.78, 5) is 24.6. The van der Waals surface area contributed by atoms with Crippen LogP contribution in [0, 0.1) is 0 Å². The predicted molar refractivity (Wildman–Crippen MR) is 55.8 cm³/mol. The van der Waals surface area contributed by atoms with Gasteiger partial charge in [-0.15, -0.1) is 0 Å². The molecule has 0 aliphatic heterocycles. The van der Waals surface area contributed by atoms with Crippen molar-refractivity contribution in [1.82, 2.24) is 4.98 Å². The minimum Gasteiger partial charge on any atom is -0.319 e. The van der Waals surface area contributed by atoms with Crippen LogP contribution in [0.5, 0.6) is 0 Å². The molecule has 4 heteroatoms.